The van der Waals surface area contributed by atoms with Crippen molar-refractivity contribution in [1.82, 2.24) is 10.6 Å². The normalized spacial score (nSPS) is 23.2. The van der Waals surface area contributed by atoms with E-state index in [0.717, 1.165) is 0 Å². The smallest absolute Gasteiger partial charge is 0.407 e. The van der Waals surface area contributed by atoms with Gasteiger partial charge in [0.05, 0.1) is 84.3 Å². The van der Waals surface area contributed by atoms with E-state index in [0.29, 0.717) is 33.0 Å². The van der Waals surface area contributed by atoms with Crippen LogP contribution in [-0.4, -0.2) is 180 Å². The molecule has 0 spiro atoms. The van der Waals surface area contributed by atoms with E-state index >= 15 is 0 Å². The molecule has 1 aliphatic heterocycles. The van der Waals surface area contributed by atoms with Crippen molar-refractivity contribution in [2.75, 3.05) is 93.4 Å². The average molecular weight is 688 g/mol. The van der Waals surface area contributed by atoms with Gasteiger partial charge in [0.1, 0.15) is 43.5 Å². The Kier molecular flexibility index (Phi) is 21.8. The van der Waals surface area contributed by atoms with E-state index in [1.54, 1.807) is 14.2 Å². The summed E-state index contributed by atoms with van der Waals surface area (Å²) in [6.07, 6.45) is -10.4. The number of methoxy groups -OCH3 is 2. The number of carbonyl (C=O) groups excluding carboxylic acids is 3. The molecule has 276 valence electrons. The van der Waals surface area contributed by atoms with Crippen molar-refractivity contribution in [1.29, 1.82) is 0 Å². The van der Waals surface area contributed by atoms with Gasteiger partial charge in [-0.1, -0.05) is 0 Å². The summed E-state index contributed by atoms with van der Waals surface area (Å²) in [5.74, 6) is -5.29. The van der Waals surface area contributed by atoms with E-state index in [4.69, 9.17) is 42.6 Å². The molecule has 1 heterocycles. The second-order valence-corrected chi connectivity index (χ2v) is 10.6. The number of amides is 2. The van der Waals surface area contributed by atoms with Crippen LogP contribution in [0.25, 0.3) is 0 Å². The van der Waals surface area contributed by atoms with Crippen molar-refractivity contribution in [3.63, 3.8) is 0 Å². The van der Waals surface area contributed by atoms with Crippen LogP contribution in [0.4, 0.5) is 4.79 Å². The fraction of sp³-hybridized carbons (Fsp3) is 0.893. The van der Waals surface area contributed by atoms with Gasteiger partial charge in [0.2, 0.25) is 11.7 Å². The van der Waals surface area contributed by atoms with Crippen molar-refractivity contribution in [2.45, 2.75) is 68.7 Å². The molecular formula is C28H51N2O17-. The Hall–Kier alpha value is -2.27. The van der Waals surface area contributed by atoms with Crippen molar-refractivity contribution < 1.29 is 82.5 Å². The fourth-order valence-corrected chi connectivity index (χ4v) is 4.23. The number of ether oxygens (including phenoxy) is 9. The zero-order chi connectivity index (χ0) is 35.2. The molecule has 7 atom stereocenters. The molecular weight excluding hydrogens is 636 g/mol. The minimum atomic E-state index is -2.53. The maximum Gasteiger partial charge on any atom is 0.407 e. The number of carboxylic acids is 1. The molecule has 0 saturated carbocycles. The second kappa shape index (κ2) is 24.0. The largest absolute Gasteiger partial charge is 0.544 e. The molecule has 0 aliphatic carbocycles. The van der Waals surface area contributed by atoms with Gasteiger partial charge in [-0.05, 0) is 13.8 Å². The zero-order valence-corrected chi connectivity index (χ0v) is 27.3. The highest BCUT2D eigenvalue weighted by molar-refractivity contribution is 5.82. The molecule has 0 aromatic carbocycles. The maximum absolute atomic E-state index is 12.7. The maximum atomic E-state index is 12.7. The lowest BCUT2D eigenvalue weighted by atomic mass is 9.88. The van der Waals surface area contributed by atoms with Crippen LogP contribution in [0.5, 0.6) is 0 Å². The molecule has 3 unspecified atom stereocenters. The number of carbonyl (C=O) groups is 3. The highest BCUT2D eigenvalue weighted by atomic mass is 16.7. The molecule has 2 amide bonds. The summed E-state index contributed by atoms with van der Waals surface area (Å²) in [4.78, 5) is 37.0. The van der Waals surface area contributed by atoms with Crippen LogP contribution >= 0.6 is 0 Å². The number of hydrogen-bond acceptors (Lipinski definition) is 17. The van der Waals surface area contributed by atoms with E-state index in [-0.39, 0.29) is 33.0 Å². The molecule has 1 saturated heterocycles. The number of hydrogen-bond donors (Lipinski definition) is 6. The van der Waals surface area contributed by atoms with Gasteiger partial charge in [-0.25, -0.2) is 4.79 Å². The molecule has 0 radical (unpaired) electrons. The first-order chi connectivity index (χ1) is 22.4. The van der Waals surface area contributed by atoms with Crippen molar-refractivity contribution in [3.8, 4) is 0 Å². The lowest BCUT2D eigenvalue weighted by molar-refractivity contribution is -0.386. The van der Waals surface area contributed by atoms with Crippen LogP contribution in [0.1, 0.15) is 20.3 Å². The molecule has 19 nitrogen and oxygen atoms in total. The predicted octanol–water partition coefficient (Wildman–Crippen LogP) is -4.34. The van der Waals surface area contributed by atoms with Crippen molar-refractivity contribution in [3.05, 3.63) is 0 Å². The SMILES string of the molecule is COCCOCCOCC(COC(=O)NCC(=O)N[C@H]1C([C@H](O)[C@H](O)CO)OC(OC(C)C)(C(=O)[O-])C[C@H]1O)OCCOCCOC. The number of aliphatic hydroxyl groups is 4. The van der Waals surface area contributed by atoms with Crippen molar-refractivity contribution in [2.24, 2.45) is 0 Å². The third kappa shape index (κ3) is 16.6. The van der Waals surface area contributed by atoms with Gasteiger partial charge < -0.3 is 83.6 Å². The minimum Gasteiger partial charge on any atom is -0.544 e. The highest BCUT2D eigenvalue weighted by Crippen LogP contribution is 2.33. The Labute approximate surface area is 273 Å². The highest BCUT2D eigenvalue weighted by Gasteiger charge is 2.53. The van der Waals surface area contributed by atoms with Crippen LogP contribution in [0, 0.1) is 0 Å². The van der Waals surface area contributed by atoms with E-state index in [2.05, 4.69) is 10.6 Å². The first-order valence-electron chi connectivity index (χ1n) is 15.2. The number of aliphatic carboxylic acids is 1. The molecule has 6 N–H and O–H groups in total. The van der Waals surface area contributed by atoms with E-state index in [9.17, 15) is 39.9 Å². The second-order valence-electron chi connectivity index (χ2n) is 10.6. The topological polar surface area (TPSA) is 262 Å². The number of nitrogens with one attached hydrogen (secondary N) is 2. The number of aliphatic hydroxyl groups excluding tert-OH is 4. The van der Waals surface area contributed by atoms with Gasteiger partial charge in [0.25, 0.3) is 0 Å². The monoisotopic (exact) mass is 687 g/mol. The Morgan fingerprint density at radius 3 is 2.11 bits per heavy atom. The van der Waals surface area contributed by atoms with Gasteiger partial charge in [0.15, 0.2) is 0 Å². The molecule has 19 heteroatoms. The van der Waals surface area contributed by atoms with E-state index in [1.807, 2.05) is 0 Å². The fourth-order valence-electron chi connectivity index (χ4n) is 4.23. The van der Waals surface area contributed by atoms with E-state index in [1.165, 1.54) is 13.8 Å². The first kappa shape index (κ1) is 42.8. The quantitative estimate of drug-likeness (QED) is 0.0470. The third-order valence-corrected chi connectivity index (χ3v) is 6.47. The molecule has 0 bridgehead atoms. The van der Waals surface area contributed by atoms with Crippen LogP contribution in [0.15, 0.2) is 0 Å². The lowest BCUT2D eigenvalue weighted by Gasteiger charge is -2.49. The first-order valence-corrected chi connectivity index (χ1v) is 15.2. The predicted molar refractivity (Wildman–Crippen MR) is 156 cm³/mol. The summed E-state index contributed by atoms with van der Waals surface area (Å²) in [6, 6.07) is -1.50. The average Bonchev–Trinajstić information content (AvgIpc) is 3.03. The molecule has 1 rings (SSSR count). The summed E-state index contributed by atoms with van der Waals surface area (Å²) >= 11 is 0. The van der Waals surface area contributed by atoms with Gasteiger partial charge in [-0.3, -0.25) is 4.79 Å². The molecule has 1 aliphatic rings. The van der Waals surface area contributed by atoms with Gasteiger partial charge in [-0.15, -0.1) is 0 Å². The summed E-state index contributed by atoms with van der Waals surface area (Å²) in [5, 5.41) is 57.2. The van der Waals surface area contributed by atoms with E-state index < -0.39 is 86.0 Å². The summed E-state index contributed by atoms with van der Waals surface area (Å²) in [5.41, 5.74) is 0. The number of carboxylic acid groups (broad SMARTS) is 1. The molecule has 0 aromatic heterocycles. The Balaban J connectivity index is 2.72. The number of rotatable bonds is 26. The van der Waals surface area contributed by atoms with Crippen LogP contribution in [0.3, 0.4) is 0 Å². The Bertz CT molecular complexity index is 884. The summed E-state index contributed by atoms with van der Waals surface area (Å²) in [6.45, 7) is 3.77. The minimum absolute atomic E-state index is 0.0519. The number of alkyl carbamates (subject to hydrolysis) is 1. The van der Waals surface area contributed by atoms with Gasteiger partial charge in [-0.2, -0.15) is 0 Å². The molecule has 1 fully saturated rings. The summed E-state index contributed by atoms with van der Waals surface area (Å²) < 4.78 is 47.7. The zero-order valence-electron chi connectivity index (χ0n) is 27.3. The third-order valence-electron chi connectivity index (χ3n) is 6.47. The van der Waals surface area contributed by atoms with Gasteiger partial charge in [0, 0.05) is 20.6 Å². The lowest BCUT2D eigenvalue weighted by Crippen LogP contribution is -2.70. The molecule has 47 heavy (non-hydrogen) atoms. The van der Waals surface area contributed by atoms with Crippen LogP contribution < -0.4 is 15.7 Å². The van der Waals surface area contributed by atoms with Gasteiger partial charge >= 0.3 is 6.09 Å². The van der Waals surface area contributed by atoms with Crippen molar-refractivity contribution >= 4 is 18.0 Å². The Morgan fingerprint density at radius 1 is 0.936 bits per heavy atom. The van der Waals surface area contributed by atoms with Crippen LogP contribution in [-0.2, 0) is 52.2 Å². The Morgan fingerprint density at radius 2 is 1.53 bits per heavy atom. The standard InChI is InChI=1S/C28H52N2O17/c1-18(2)46-28(26(36)37)13-20(32)23(25(47-28)24(35)21(33)15-31)30-22(34)14-29-27(38)45-17-19(44-12-11-42-8-6-40-4)16-43-10-9-41-7-5-39-3/h18-21,23-25,31-33,35H,5-17H2,1-4H3,(H,29,38)(H,30,34)(H,36,37)/p-1/t19?,20-,21-,23-,24-,25?,28?/m1/s1. The molecule has 0 aromatic rings. The van der Waals surface area contributed by atoms with Crippen LogP contribution in [0.2, 0.25) is 0 Å². The summed E-state index contributed by atoms with van der Waals surface area (Å²) in [7, 11) is 3.10.